The molecule has 0 aliphatic carbocycles. The zero-order chi connectivity index (χ0) is 111. The summed E-state index contributed by atoms with van der Waals surface area (Å²) in [7, 11) is -0.178. The molecule has 141 heavy (non-hydrogen) atoms. The lowest BCUT2D eigenvalue weighted by molar-refractivity contribution is -0.890. The van der Waals surface area contributed by atoms with Gasteiger partial charge in [-0.25, -0.2) is 42.0 Å². The van der Waals surface area contributed by atoms with Gasteiger partial charge < -0.3 is 147 Å². The Morgan fingerprint density at radius 1 is 0.447 bits per heavy atom. The van der Waals surface area contributed by atoms with E-state index in [2.05, 4.69) is 84.7 Å². The van der Waals surface area contributed by atoms with Crippen molar-refractivity contribution in [3.05, 3.63) is 155 Å². The Labute approximate surface area is 826 Å². The molecule has 0 saturated carbocycles. The molecular weight excluding hydrogens is 1920 g/mol. The lowest BCUT2D eigenvalue weighted by Crippen LogP contribution is -3.06. The van der Waals surface area contributed by atoms with E-state index in [0.29, 0.717) is 135 Å². The van der Waals surface area contributed by atoms with Gasteiger partial charge in [0.15, 0.2) is 17.3 Å². The number of quaternary nitrogens is 2. The fraction of sp³-hybridized carbons (Fsp3) is 0.587. The van der Waals surface area contributed by atoms with Crippen LogP contribution in [0.5, 0.6) is 0 Å². The van der Waals surface area contributed by atoms with Gasteiger partial charge in [-0.05, 0) is 76.8 Å². The highest BCUT2D eigenvalue weighted by Crippen LogP contribution is 2.17. The van der Waals surface area contributed by atoms with Crippen LogP contribution in [0.25, 0.3) is 0 Å². The zero-order valence-electron chi connectivity index (χ0n) is 82.4. The van der Waals surface area contributed by atoms with Gasteiger partial charge in [-0.1, -0.05) is 90.4 Å². The quantitative estimate of drug-likeness (QED) is 0.00897. The number of aliphatic carboxylic acids is 2. The normalized spacial score (nSPS) is 11.0. The molecule has 0 bridgehead atoms. The molecule has 0 aromatic heterocycles. The summed E-state index contributed by atoms with van der Waals surface area (Å²) in [6.45, 7) is 44.9. The number of hydrogen-bond acceptors (Lipinski definition) is 42. The van der Waals surface area contributed by atoms with Gasteiger partial charge in [-0.2, -0.15) is 8.42 Å². The zero-order valence-corrected chi connectivity index (χ0v) is 84.1. The van der Waals surface area contributed by atoms with Gasteiger partial charge in [-0.15, -0.1) is 0 Å². The SMILES string of the molecule is C=C(C)C(=O)OCC(O)CO.C=C(C)C(=O)OCC[NH+](C)C.C=CC(=O)CC(CC(=O)O)C(=O)O.C=CC(=O)CCC(O)CO.C=CC(=O)CCCO.C=CC(=O)OCC(C)(CO)CO.C=CC(=O)OCC(CO)(CO)CO.C=CC(=O)OCCOCCO.C=CC(=O)OCCOCCOCCOCCOCCOCCO.C=CC(=O)OCC[N+](C)(C)CCCCS(=O)(=O)O.Cc1ccc(S(=O)(=O)[O-])cc1. The maximum Gasteiger partial charge on any atom is 0.333 e. The van der Waals surface area contributed by atoms with Crippen molar-refractivity contribution in [2.45, 2.75) is 96.2 Å². The minimum Gasteiger partial charge on any atom is -0.744 e. The molecule has 49 heteroatoms. The van der Waals surface area contributed by atoms with Gasteiger partial charge in [0, 0.05) is 72.8 Å². The van der Waals surface area contributed by atoms with E-state index in [1.807, 2.05) is 35.1 Å². The first kappa shape index (κ1) is 151. The van der Waals surface area contributed by atoms with Crippen LogP contribution in [0.4, 0.5) is 0 Å². The highest BCUT2D eigenvalue weighted by molar-refractivity contribution is 7.86. The number of ether oxygens (including phenoxy) is 13. The molecule has 0 fully saturated rings. The van der Waals surface area contributed by atoms with Crippen LogP contribution in [0, 0.1) is 23.7 Å². The fourth-order valence-electron chi connectivity index (χ4n) is 7.30. The number of carboxylic acid groups (broad SMARTS) is 2. The molecular formula is C92H157N2O45S2+. The smallest absolute Gasteiger partial charge is 0.333 e. The Kier molecular flexibility index (Phi) is 109. The van der Waals surface area contributed by atoms with Crippen molar-refractivity contribution < 1.29 is 226 Å². The number of unbranched alkanes of at least 4 members (excludes halogenated alkanes) is 1. The molecule has 47 nitrogen and oxygen atoms in total. The van der Waals surface area contributed by atoms with Gasteiger partial charge in [0.2, 0.25) is 0 Å². The van der Waals surface area contributed by atoms with Crippen LogP contribution in [0.1, 0.15) is 77.7 Å². The van der Waals surface area contributed by atoms with E-state index in [9.17, 15) is 78.9 Å². The molecule has 816 valence electrons. The van der Waals surface area contributed by atoms with Gasteiger partial charge in [-0.3, -0.25) is 28.5 Å². The Morgan fingerprint density at radius 3 is 1.14 bits per heavy atom. The third-order valence-corrected chi connectivity index (χ3v) is 17.5. The van der Waals surface area contributed by atoms with Crippen molar-refractivity contribution in [1.29, 1.82) is 0 Å². The number of hydrogen-bond donors (Lipinski definition) is 16. The molecule has 0 radical (unpaired) electrons. The molecule has 3 unspecified atom stereocenters. The van der Waals surface area contributed by atoms with Crippen molar-refractivity contribution >= 4 is 91.3 Å². The average molecular weight is 2080 g/mol. The first-order chi connectivity index (χ1) is 66.1. The second-order valence-corrected chi connectivity index (χ2v) is 32.7. The summed E-state index contributed by atoms with van der Waals surface area (Å²) >= 11 is 0. The van der Waals surface area contributed by atoms with Crippen LogP contribution in [0.3, 0.4) is 0 Å². The van der Waals surface area contributed by atoms with Crippen LogP contribution in [0.2, 0.25) is 0 Å². The second-order valence-electron chi connectivity index (χ2n) is 29.7. The summed E-state index contributed by atoms with van der Waals surface area (Å²) < 4.78 is 125. The molecule has 16 N–H and O–H groups in total. The number of aliphatic hydroxyl groups is 12. The largest absolute Gasteiger partial charge is 0.744 e. The molecule has 0 aliphatic rings. The molecule has 0 saturated heterocycles. The number of nitrogens with one attached hydrogen (secondary N) is 1. The van der Waals surface area contributed by atoms with E-state index in [0.717, 1.165) is 55.1 Å². The minimum atomic E-state index is -4.27. The van der Waals surface area contributed by atoms with Crippen LogP contribution in [0.15, 0.2) is 155 Å². The number of carboxylic acids is 2. The van der Waals surface area contributed by atoms with Crippen LogP contribution in [-0.2, 0) is 139 Å². The molecule has 0 heterocycles. The molecule has 1 rings (SSSR count). The number of nitrogens with zero attached hydrogens (tertiary/aromatic N) is 1. The van der Waals surface area contributed by atoms with E-state index in [-0.39, 0.29) is 126 Å². The first-order valence-corrected chi connectivity index (χ1v) is 46.1. The fourth-order valence-corrected chi connectivity index (χ4v) is 8.34. The molecule has 0 spiro atoms. The number of esters is 7. The lowest BCUT2D eigenvalue weighted by atomic mass is 9.93. The van der Waals surface area contributed by atoms with Crippen LogP contribution in [-0.4, -0.2) is 430 Å². The minimum absolute atomic E-state index is 0.000880. The lowest BCUT2D eigenvalue weighted by Gasteiger charge is -2.29. The second kappa shape index (κ2) is 101. The van der Waals surface area contributed by atoms with Crippen LogP contribution < -0.4 is 4.90 Å². The molecule has 0 aliphatic heterocycles. The Bertz CT molecular complexity index is 3840. The summed E-state index contributed by atoms with van der Waals surface area (Å²) in [6, 6.07) is 5.78. The average Bonchev–Trinajstić information content (AvgIpc) is 0.870. The number of likely N-dealkylation sites (N-methyl/N-ethyl adjacent to an activating group) is 2. The Hall–Kier alpha value is -10.1. The predicted octanol–water partition coefficient (Wildman–Crippen LogP) is -1.33. The van der Waals surface area contributed by atoms with E-state index >= 15 is 0 Å². The predicted molar refractivity (Wildman–Crippen MR) is 512 cm³/mol. The monoisotopic (exact) mass is 2070 g/mol. The number of aliphatic hydroxyl groups excluding tert-OH is 12. The number of carbonyl (C=O) groups excluding carboxylic acids is 10. The van der Waals surface area contributed by atoms with Gasteiger partial charge in [0.05, 0.1) is 208 Å². The Balaban J connectivity index is -0.000000169. The van der Waals surface area contributed by atoms with Crippen molar-refractivity contribution in [3.63, 3.8) is 0 Å². The van der Waals surface area contributed by atoms with E-state index in [1.165, 1.54) is 36.1 Å². The molecule has 1 aromatic carbocycles. The Morgan fingerprint density at radius 2 is 0.816 bits per heavy atom. The summed E-state index contributed by atoms with van der Waals surface area (Å²) in [6.07, 6.45) is 8.79. The number of carbonyl (C=O) groups is 12. The molecule has 1 aromatic rings. The van der Waals surface area contributed by atoms with Gasteiger partial charge in [0.25, 0.3) is 10.1 Å². The number of aryl methyl sites for hydroxylation is 1. The van der Waals surface area contributed by atoms with Gasteiger partial charge in [0.1, 0.15) is 75.6 Å². The van der Waals surface area contributed by atoms with E-state index in [1.54, 1.807) is 26.0 Å². The summed E-state index contributed by atoms with van der Waals surface area (Å²) in [5, 5.41) is 120. The van der Waals surface area contributed by atoms with Crippen LogP contribution >= 0.6 is 0 Å². The highest BCUT2D eigenvalue weighted by Gasteiger charge is 2.30. The maximum absolute atomic E-state index is 10.8. The summed E-state index contributed by atoms with van der Waals surface area (Å²) in [5.41, 5.74) is -0.275. The third-order valence-electron chi connectivity index (χ3n) is 15.8. The summed E-state index contributed by atoms with van der Waals surface area (Å²) in [5.74, 6) is -7.88. The molecule has 3 atom stereocenters. The van der Waals surface area contributed by atoms with E-state index in [4.69, 9.17) is 119 Å². The maximum atomic E-state index is 10.8. The van der Waals surface area contributed by atoms with Crippen molar-refractivity contribution in [2.75, 3.05) is 245 Å². The van der Waals surface area contributed by atoms with Crippen molar-refractivity contribution in [2.24, 2.45) is 16.7 Å². The topological polar surface area (TPSA) is 724 Å². The van der Waals surface area contributed by atoms with Crippen molar-refractivity contribution in [3.8, 4) is 0 Å². The third kappa shape index (κ3) is 117. The first-order valence-electron chi connectivity index (χ1n) is 43.1. The standard InChI is InChI=1S/C15H28O8.C11H21NO5S.C8H15NO2.C8H14O5.C8H10O5.C8H14O4.2C7H12O4.C7H8O3S.C7H12O3.C6H10O2/c1-2-15(17)23-14-13-22-12-11-21-10-9-20-8-7-19-6-5-18-4-3-16;1-4-11(13)17-9-8-12(2,3)7-5-6-10-18(14,15)16;1-7(2)8(10)11-6-5-9(3)4;1-2-7(12)13-6-8(3-9,4-10)5-11;1-2-6(9)3-5(8(12)13)4-7(10)11;1-3-7(11)12-6-8(2,4-9)5-10;1-5(2)7(10)11-4-6(9)3-8;1-2-7(9)11-6-5-10-4-3-8;1-6-2-4-7(5-3-6)11(8,9)10;1-2-6(9)3-4-7(10)5-8;1-2-6(8)4-3-5-7/h2,16H,1,3-14H2;4H,1,5-10H2,2-3H3;1,5-6H2,2-4H3;2,9-11H,1,3-6H2;2,5H,1,3-4H2,(H,10,11)(H,12,13);3,9-10H,1,4-6H2,2H3;6,8-9H,1,3-4H2,2H3;2,8H,1,3-6H2;2-5H,1H3,(H,8,9,10);2,7-8,10H,1,3-5H2;2,7H,1,3-5H2/p+1. The van der Waals surface area contributed by atoms with Crippen molar-refractivity contribution in [1.82, 2.24) is 0 Å². The number of ketones is 3. The number of rotatable bonds is 68. The van der Waals surface area contributed by atoms with E-state index < -0.39 is 136 Å². The summed E-state index contributed by atoms with van der Waals surface area (Å²) in [4.78, 5) is 128. The molecule has 0 amide bonds. The number of benzene rings is 1. The number of allylic oxidation sites excluding steroid dienone is 3. The highest BCUT2D eigenvalue weighted by atomic mass is 32.2. The van der Waals surface area contributed by atoms with Gasteiger partial charge >= 0.3 is 53.7 Å².